The number of aromatic nitrogens is 1. The number of halogens is 4. The number of primary amides is 1. The van der Waals surface area contributed by atoms with Crippen LogP contribution in [0.4, 0.5) is 10.1 Å². The van der Waals surface area contributed by atoms with Gasteiger partial charge in [-0.05, 0) is 73.3 Å². The molecule has 1 saturated carbocycles. The SMILES string of the molecule is CC1(C)CCC2(CC1)N[C@@H](C(=O)N[C@@H]1CC[C@@H](C(N)=O)OC1)[C@H](c1ccnc(Cl)c1F)[C@]21C(=O)Nc2cc(Cl)ccc21.Cl. The lowest BCUT2D eigenvalue weighted by Crippen LogP contribution is -2.61. The van der Waals surface area contributed by atoms with Crippen molar-refractivity contribution in [2.75, 3.05) is 11.9 Å². The van der Waals surface area contributed by atoms with Gasteiger partial charge in [-0.2, -0.15) is 0 Å². The molecule has 5 atom stereocenters. The van der Waals surface area contributed by atoms with Crippen molar-refractivity contribution < 1.29 is 23.5 Å². The van der Waals surface area contributed by atoms with E-state index in [1.807, 2.05) is 6.07 Å². The largest absolute Gasteiger partial charge is 0.367 e. The molecule has 0 unspecified atom stereocenters. The van der Waals surface area contributed by atoms with E-state index in [1.165, 1.54) is 12.3 Å². The summed E-state index contributed by atoms with van der Waals surface area (Å²) in [4.78, 5) is 44.2. The lowest BCUT2D eigenvalue weighted by atomic mass is 9.53. The van der Waals surface area contributed by atoms with E-state index in [4.69, 9.17) is 33.7 Å². The van der Waals surface area contributed by atoms with Crippen LogP contribution in [0.2, 0.25) is 10.2 Å². The van der Waals surface area contributed by atoms with Crippen molar-refractivity contribution in [2.24, 2.45) is 11.1 Å². The molecule has 9 nitrogen and oxygen atoms in total. The van der Waals surface area contributed by atoms with E-state index in [0.29, 0.717) is 42.0 Å². The summed E-state index contributed by atoms with van der Waals surface area (Å²) in [7, 11) is 0. The summed E-state index contributed by atoms with van der Waals surface area (Å²) >= 11 is 12.5. The molecule has 13 heteroatoms. The molecule has 1 aromatic carbocycles. The fraction of sp³-hybridized carbons (Fsp3) is 0.533. The Morgan fingerprint density at radius 3 is 2.51 bits per heavy atom. The zero-order valence-corrected chi connectivity index (χ0v) is 26.2. The molecule has 3 aliphatic heterocycles. The maximum absolute atomic E-state index is 16.0. The Bertz CT molecular complexity index is 1460. The van der Waals surface area contributed by atoms with Crippen molar-refractivity contribution in [2.45, 2.75) is 87.4 Å². The van der Waals surface area contributed by atoms with E-state index in [1.54, 1.807) is 12.1 Å². The molecular weight excluding hydrogens is 620 g/mol. The number of amides is 3. The summed E-state index contributed by atoms with van der Waals surface area (Å²) in [5, 5.41) is 9.81. The van der Waals surface area contributed by atoms with Gasteiger partial charge in [0.15, 0.2) is 11.0 Å². The standard InChI is InChI=1S/C30H34Cl2FN5O4.ClH/c1-28(2)8-10-29(11-9-28)30(18-5-3-15(31)13-19(18)37-27(30)41)21(17-7-12-35-24(32)22(17)33)23(38-29)26(40)36-16-4-6-20(25(34)39)42-14-16;/h3,5,7,12-13,16,20-21,23,38H,4,6,8-11,14H2,1-2H3,(H2,34,39)(H,36,40)(H,37,41);1H/t16-,20+,21+,23-,30-;/m1./s1. The molecule has 2 spiro atoms. The van der Waals surface area contributed by atoms with Crippen LogP contribution in [0.5, 0.6) is 0 Å². The second kappa shape index (κ2) is 11.5. The molecule has 232 valence electrons. The van der Waals surface area contributed by atoms with E-state index in [0.717, 1.165) is 12.8 Å². The monoisotopic (exact) mass is 653 g/mol. The van der Waals surface area contributed by atoms with Gasteiger partial charge >= 0.3 is 0 Å². The Kier molecular flexibility index (Phi) is 8.50. The number of nitrogens with zero attached hydrogens (tertiary/aromatic N) is 1. The predicted molar refractivity (Wildman–Crippen MR) is 163 cm³/mol. The molecule has 5 N–H and O–H groups in total. The number of carbonyl (C=O) groups is 3. The van der Waals surface area contributed by atoms with Crippen molar-refractivity contribution in [3.8, 4) is 0 Å². The summed E-state index contributed by atoms with van der Waals surface area (Å²) in [6.45, 7) is 4.49. The van der Waals surface area contributed by atoms with Crippen LogP contribution in [-0.2, 0) is 24.5 Å². The van der Waals surface area contributed by atoms with Gasteiger partial charge in [-0.1, -0.05) is 43.1 Å². The lowest BCUT2D eigenvalue weighted by molar-refractivity contribution is -0.134. The summed E-state index contributed by atoms with van der Waals surface area (Å²) < 4.78 is 21.6. The number of nitrogens with two attached hydrogens (primary N) is 1. The second-order valence-electron chi connectivity index (χ2n) is 12.8. The highest BCUT2D eigenvalue weighted by atomic mass is 35.5. The molecule has 3 fully saturated rings. The number of anilines is 1. The van der Waals surface area contributed by atoms with Gasteiger partial charge in [-0.3, -0.25) is 19.7 Å². The number of hydrogen-bond donors (Lipinski definition) is 4. The van der Waals surface area contributed by atoms with Crippen molar-refractivity contribution in [1.82, 2.24) is 15.6 Å². The number of nitrogens with one attached hydrogen (secondary N) is 3. The number of hydrogen-bond acceptors (Lipinski definition) is 6. The normalized spacial score (nSPS) is 30.4. The lowest BCUT2D eigenvalue weighted by Gasteiger charge is -2.50. The van der Waals surface area contributed by atoms with Crippen LogP contribution < -0.4 is 21.7 Å². The average Bonchev–Trinajstić information content (AvgIpc) is 3.40. The Morgan fingerprint density at radius 1 is 1.14 bits per heavy atom. The molecule has 6 rings (SSSR count). The van der Waals surface area contributed by atoms with E-state index < -0.39 is 46.6 Å². The molecule has 43 heavy (non-hydrogen) atoms. The van der Waals surface area contributed by atoms with Gasteiger partial charge in [0.1, 0.15) is 11.5 Å². The highest BCUT2D eigenvalue weighted by Gasteiger charge is 2.73. The van der Waals surface area contributed by atoms with Gasteiger partial charge < -0.3 is 21.1 Å². The van der Waals surface area contributed by atoms with Gasteiger partial charge in [-0.15, -0.1) is 12.4 Å². The zero-order chi connectivity index (χ0) is 30.0. The number of fused-ring (bicyclic) bond motifs is 3. The summed E-state index contributed by atoms with van der Waals surface area (Å²) in [5.41, 5.74) is 4.54. The van der Waals surface area contributed by atoms with Gasteiger partial charge in [0.2, 0.25) is 17.7 Å². The first-order chi connectivity index (χ1) is 19.9. The predicted octanol–water partition coefficient (Wildman–Crippen LogP) is 4.38. The minimum absolute atomic E-state index is 0. The van der Waals surface area contributed by atoms with Gasteiger partial charge in [0.05, 0.1) is 18.7 Å². The highest BCUT2D eigenvalue weighted by molar-refractivity contribution is 6.31. The molecule has 2 aromatic rings. The Morgan fingerprint density at radius 2 is 1.86 bits per heavy atom. The maximum Gasteiger partial charge on any atom is 0.246 e. The highest BCUT2D eigenvalue weighted by Crippen LogP contribution is 2.64. The Balaban J connectivity index is 0.00000368. The van der Waals surface area contributed by atoms with Crippen LogP contribution in [0.3, 0.4) is 0 Å². The molecule has 3 amide bonds. The first-order valence-electron chi connectivity index (χ1n) is 14.3. The number of ether oxygens (including phenoxy) is 1. The average molecular weight is 655 g/mol. The second-order valence-corrected chi connectivity index (χ2v) is 13.6. The minimum Gasteiger partial charge on any atom is -0.367 e. The van der Waals surface area contributed by atoms with Crippen LogP contribution in [0.15, 0.2) is 30.5 Å². The topological polar surface area (TPSA) is 135 Å². The minimum atomic E-state index is -1.35. The molecule has 0 radical (unpaired) electrons. The number of pyridine rings is 1. The quantitative estimate of drug-likeness (QED) is 0.362. The van der Waals surface area contributed by atoms with Crippen molar-refractivity contribution >= 4 is 59.0 Å². The van der Waals surface area contributed by atoms with Crippen LogP contribution in [0.25, 0.3) is 0 Å². The maximum atomic E-state index is 16.0. The van der Waals surface area contributed by atoms with E-state index in [-0.39, 0.29) is 47.1 Å². The summed E-state index contributed by atoms with van der Waals surface area (Å²) in [6.07, 6.45) is 4.31. The van der Waals surface area contributed by atoms with Crippen LogP contribution in [0, 0.1) is 11.2 Å². The summed E-state index contributed by atoms with van der Waals surface area (Å²) in [5.74, 6) is -2.99. The van der Waals surface area contributed by atoms with Crippen LogP contribution >= 0.6 is 35.6 Å². The number of rotatable bonds is 4. The first kappa shape index (κ1) is 31.9. The van der Waals surface area contributed by atoms with Gasteiger partial charge in [-0.25, -0.2) is 9.37 Å². The molecule has 2 saturated heterocycles. The van der Waals surface area contributed by atoms with Crippen molar-refractivity contribution in [3.05, 3.63) is 57.6 Å². The third-order valence-corrected chi connectivity index (χ3v) is 10.4. The number of carbonyl (C=O) groups excluding carboxylic acids is 3. The van der Waals surface area contributed by atoms with Crippen LogP contribution in [-0.4, -0.2) is 53.0 Å². The smallest absolute Gasteiger partial charge is 0.246 e. The van der Waals surface area contributed by atoms with Crippen molar-refractivity contribution in [3.63, 3.8) is 0 Å². The van der Waals surface area contributed by atoms with Crippen LogP contribution in [0.1, 0.15) is 69.4 Å². The fourth-order valence-corrected chi connectivity index (χ4v) is 8.05. The zero-order valence-electron chi connectivity index (χ0n) is 23.8. The first-order valence-corrected chi connectivity index (χ1v) is 15.0. The van der Waals surface area contributed by atoms with Gasteiger partial charge in [0, 0.05) is 28.4 Å². The number of benzene rings is 1. The third kappa shape index (κ3) is 5.09. The van der Waals surface area contributed by atoms with E-state index in [9.17, 15) is 14.4 Å². The summed E-state index contributed by atoms with van der Waals surface area (Å²) in [6, 6.07) is 5.34. The fourth-order valence-electron chi connectivity index (χ4n) is 7.71. The molecule has 1 aromatic heterocycles. The van der Waals surface area contributed by atoms with E-state index >= 15 is 4.39 Å². The Labute approximate surface area is 265 Å². The molecular formula is C30H35Cl3FN5O4. The van der Waals surface area contributed by atoms with E-state index in [2.05, 4.69) is 34.8 Å². The molecule has 0 bridgehead atoms. The molecule has 1 aliphatic carbocycles. The Hall–Kier alpha value is -2.50. The molecule has 4 heterocycles. The molecule has 4 aliphatic rings. The third-order valence-electron chi connectivity index (χ3n) is 9.89. The van der Waals surface area contributed by atoms with Crippen molar-refractivity contribution in [1.29, 1.82) is 0 Å². The van der Waals surface area contributed by atoms with Gasteiger partial charge in [0.25, 0.3) is 0 Å².